The van der Waals surface area contributed by atoms with E-state index in [4.69, 9.17) is 11.6 Å². The molecule has 2 aromatic heterocycles. The van der Waals surface area contributed by atoms with E-state index in [1.165, 1.54) is 0 Å². The third-order valence-electron chi connectivity index (χ3n) is 4.62. The molecule has 3 rings (SSSR count). The molecule has 1 aliphatic rings. The van der Waals surface area contributed by atoms with Crippen LogP contribution in [0.2, 0.25) is 5.15 Å². The highest BCUT2D eigenvalue weighted by molar-refractivity contribution is 6.34. The van der Waals surface area contributed by atoms with Crippen LogP contribution in [0.3, 0.4) is 0 Å². The van der Waals surface area contributed by atoms with Gasteiger partial charge in [-0.2, -0.15) is 0 Å². The van der Waals surface area contributed by atoms with E-state index >= 15 is 0 Å². The number of aliphatic hydroxyl groups is 1. The monoisotopic (exact) mass is 349 g/mol. The fraction of sp³-hybridized carbons (Fsp3) is 0.556. The Balaban J connectivity index is 1.71. The summed E-state index contributed by atoms with van der Waals surface area (Å²) < 4.78 is 0. The second-order valence-electron chi connectivity index (χ2n) is 7.45. The molecular formula is C18H24ClN3O2. The van der Waals surface area contributed by atoms with Gasteiger partial charge in [0.05, 0.1) is 11.1 Å². The van der Waals surface area contributed by atoms with E-state index in [0.717, 1.165) is 48.9 Å². The number of pyridine rings is 1. The molecule has 24 heavy (non-hydrogen) atoms. The topological polar surface area (TPSA) is 69.2 Å². The second kappa shape index (κ2) is 6.37. The van der Waals surface area contributed by atoms with Gasteiger partial charge >= 0.3 is 0 Å². The molecule has 1 aliphatic heterocycles. The molecule has 0 unspecified atom stereocenters. The minimum absolute atomic E-state index is 0.00151. The molecule has 0 spiro atoms. The van der Waals surface area contributed by atoms with Gasteiger partial charge in [0.2, 0.25) is 0 Å². The number of nitrogens with one attached hydrogen (secondary N) is 1. The lowest BCUT2D eigenvalue weighted by atomic mass is 9.86. The van der Waals surface area contributed by atoms with Crippen LogP contribution >= 0.6 is 11.6 Å². The van der Waals surface area contributed by atoms with Crippen LogP contribution in [-0.2, 0) is 0 Å². The molecule has 5 nitrogen and oxygen atoms in total. The van der Waals surface area contributed by atoms with Gasteiger partial charge < -0.3 is 15.0 Å². The van der Waals surface area contributed by atoms with Crippen molar-refractivity contribution in [2.24, 2.45) is 5.92 Å². The molecule has 1 fully saturated rings. The van der Waals surface area contributed by atoms with Crippen LogP contribution in [0.5, 0.6) is 0 Å². The third-order valence-corrected chi connectivity index (χ3v) is 4.91. The number of nitrogens with zero attached hydrogens (tertiary/aromatic N) is 2. The van der Waals surface area contributed by atoms with E-state index < -0.39 is 5.60 Å². The first-order chi connectivity index (χ1) is 11.2. The van der Waals surface area contributed by atoms with E-state index in [9.17, 15) is 9.90 Å². The zero-order chi connectivity index (χ0) is 17.5. The fourth-order valence-electron chi connectivity index (χ4n) is 3.54. The first-order valence-corrected chi connectivity index (χ1v) is 8.78. The zero-order valence-electron chi connectivity index (χ0n) is 14.4. The molecule has 0 aliphatic carbocycles. The summed E-state index contributed by atoms with van der Waals surface area (Å²) in [6.45, 7) is 7.00. The lowest BCUT2D eigenvalue weighted by Crippen LogP contribution is -2.40. The van der Waals surface area contributed by atoms with Gasteiger partial charge in [0.25, 0.3) is 5.91 Å². The number of hydrogen-bond acceptors (Lipinski definition) is 3. The van der Waals surface area contributed by atoms with Crippen molar-refractivity contribution < 1.29 is 9.90 Å². The predicted molar refractivity (Wildman–Crippen MR) is 95.4 cm³/mol. The molecule has 2 N–H and O–H groups in total. The van der Waals surface area contributed by atoms with Gasteiger partial charge in [0.15, 0.2) is 0 Å². The Morgan fingerprint density at radius 1 is 1.42 bits per heavy atom. The minimum Gasteiger partial charge on any atom is -0.390 e. The van der Waals surface area contributed by atoms with E-state index in [-0.39, 0.29) is 5.91 Å². The number of fused-ring (bicyclic) bond motifs is 1. The minimum atomic E-state index is -0.643. The average molecular weight is 350 g/mol. The van der Waals surface area contributed by atoms with Crippen molar-refractivity contribution >= 4 is 28.4 Å². The molecule has 0 radical (unpaired) electrons. The Morgan fingerprint density at radius 2 is 2.08 bits per heavy atom. The molecule has 6 heteroatoms. The van der Waals surface area contributed by atoms with Crippen LogP contribution in [0.15, 0.2) is 12.1 Å². The lowest BCUT2D eigenvalue weighted by molar-refractivity contribution is 0.0357. The van der Waals surface area contributed by atoms with Gasteiger partial charge in [-0.3, -0.25) is 4.79 Å². The van der Waals surface area contributed by atoms with E-state index in [1.54, 1.807) is 6.07 Å². The fourth-order valence-corrected chi connectivity index (χ4v) is 3.83. The molecule has 3 heterocycles. The highest BCUT2D eigenvalue weighted by atomic mass is 35.5. The average Bonchev–Trinajstić information content (AvgIpc) is 2.90. The molecule has 130 valence electrons. The smallest absolute Gasteiger partial charge is 0.270 e. The molecule has 2 aromatic rings. The highest BCUT2D eigenvalue weighted by Crippen LogP contribution is 2.28. The van der Waals surface area contributed by atoms with Gasteiger partial charge in [-0.15, -0.1) is 0 Å². The molecular weight excluding hydrogens is 326 g/mol. The van der Waals surface area contributed by atoms with Crippen LogP contribution in [0.25, 0.3) is 10.9 Å². The van der Waals surface area contributed by atoms with Crippen LogP contribution in [-0.4, -0.2) is 44.6 Å². The van der Waals surface area contributed by atoms with Crippen molar-refractivity contribution in [1.82, 2.24) is 14.9 Å². The molecule has 0 saturated carbocycles. The molecule has 0 atom stereocenters. The van der Waals surface area contributed by atoms with Crippen molar-refractivity contribution in [3.63, 3.8) is 0 Å². The Bertz CT molecular complexity index is 755. The Hall–Kier alpha value is -1.59. The van der Waals surface area contributed by atoms with E-state index in [2.05, 4.69) is 9.97 Å². The summed E-state index contributed by atoms with van der Waals surface area (Å²) >= 11 is 6.17. The van der Waals surface area contributed by atoms with Gasteiger partial charge in [0, 0.05) is 24.2 Å². The number of carbonyl (C=O) groups excluding carboxylic acids is 1. The number of aromatic nitrogens is 2. The zero-order valence-corrected chi connectivity index (χ0v) is 15.2. The van der Waals surface area contributed by atoms with Crippen molar-refractivity contribution in [3.8, 4) is 0 Å². The summed E-state index contributed by atoms with van der Waals surface area (Å²) in [4.78, 5) is 22.0. The lowest BCUT2D eigenvalue weighted by Gasteiger charge is -2.34. The third kappa shape index (κ3) is 3.73. The van der Waals surface area contributed by atoms with Crippen molar-refractivity contribution in [1.29, 1.82) is 0 Å². The van der Waals surface area contributed by atoms with Crippen molar-refractivity contribution in [2.45, 2.75) is 45.6 Å². The van der Waals surface area contributed by atoms with E-state index in [0.29, 0.717) is 16.8 Å². The van der Waals surface area contributed by atoms with Gasteiger partial charge in [0.1, 0.15) is 10.8 Å². The Kier molecular flexibility index (Phi) is 4.58. The SMILES string of the molecule is Cc1cc2[nH]c(C(=O)N3CCC(CC(C)(C)O)CC3)cc2c(Cl)n1. The highest BCUT2D eigenvalue weighted by Gasteiger charge is 2.28. The number of halogens is 1. The first kappa shape index (κ1) is 17.2. The van der Waals surface area contributed by atoms with Crippen LogP contribution < -0.4 is 0 Å². The Labute approximate surface area is 147 Å². The summed E-state index contributed by atoms with van der Waals surface area (Å²) in [5, 5.41) is 11.1. The largest absolute Gasteiger partial charge is 0.390 e. The number of piperidine rings is 1. The standard InChI is InChI=1S/C18H24ClN3O2/c1-11-8-14-13(16(19)20-11)9-15(21-14)17(23)22-6-4-12(5-7-22)10-18(2,3)24/h8-9,12,21,24H,4-7,10H2,1-3H3. The first-order valence-electron chi connectivity index (χ1n) is 8.40. The van der Waals surface area contributed by atoms with Gasteiger partial charge in [-0.25, -0.2) is 4.98 Å². The van der Waals surface area contributed by atoms with E-state index in [1.807, 2.05) is 31.7 Å². The van der Waals surface area contributed by atoms with Crippen LogP contribution in [0, 0.1) is 12.8 Å². The van der Waals surface area contributed by atoms with Crippen LogP contribution in [0.1, 0.15) is 49.3 Å². The maximum atomic E-state index is 12.7. The summed E-state index contributed by atoms with van der Waals surface area (Å²) in [6, 6.07) is 3.68. The number of hydrogen-bond donors (Lipinski definition) is 2. The molecule has 0 aromatic carbocycles. The molecule has 1 saturated heterocycles. The number of carbonyl (C=O) groups is 1. The summed E-state index contributed by atoms with van der Waals surface area (Å²) in [7, 11) is 0. The number of aromatic amines is 1. The number of H-pyrrole nitrogens is 1. The maximum Gasteiger partial charge on any atom is 0.270 e. The molecule has 1 amide bonds. The quantitative estimate of drug-likeness (QED) is 0.833. The van der Waals surface area contributed by atoms with Crippen LogP contribution in [0.4, 0.5) is 0 Å². The number of amides is 1. The maximum absolute atomic E-state index is 12.7. The van der Waals surface area contributed by atoms with Crippen molar-refractivity contribution in [3.05, 3.63) is 28.7 Å². The van der Waals surface area contributed by atoms with Gasteiger partial charge in [-0.1, -0.05) is 11.6 Å². The van der Waals surface area contributed by atoms with Crippen molar-refractivity contribution in [2.75, 3.05) is 13.1 Å². The van der Waals surface area contributed by atoms with Gasteiger partial charge in [-0.05, 0) is 58.1 Å². The second-order valence-corrected chi connectivity index (χ2v) is 7.81. The number of likely N-dealkylation sites (tertiary alicyclic amines) is 1. The normalized spacial score (nSPS) is 16.8. The number of aryl methyl sites for hydroxylation is 1. The summed E-state index contributed by atoms with van der Waals surface area (Å²) in [6.07, 6.45) is 2.64. The summed E-state index contributed by atoms with van der Waals surface area (Å²) in [5.41, 5.74) is 1.57. The molecule has 0 bridgehead atoms. The summed E-state index contributed by atoms with van der Waals surface area (Å²) in [5.74, 6) is 0.472. The number of rotatable bonds is 3. The Morgan fingerprint density at radius 3 is 2.71 bits per heavy atom. The predicted octanol–water partition coefficient (Wildman–Crippen LogP) is 3.54.